The van der Waals surface area contributed by atoms with Crippen molar-refractivity contribution in [2.24, 2.45) is 5.16 Å². The minimum Gasteiger partial charge on any atom is -0.459 e. The number of rotatable bonds is 4. The summed E-state index contributed by atoms with van der Waals surface area (Å²) < 4.78 is 5.14. The lowest BCUT2D eigenvalue weighted by Gasteiger charge is -1.97. The summed E-state index contributed by atoms with van der Waals surface area (Å²) in [5, 5.41) is 3.84. The molecule has 2 nitrogen and oxygen atoms in total. The maximum absolute atomic E-state index is 5.14. The van der Waals surface area contributed by atoms with Crippen molar-refractivity contribution in [1.29, 1.82) is 0 Å². The Morgan fingerprint density at radius 2 is 1.93 bits per heavy atom. The average Bonchev–Trinajstić information content (AvgIpc) is 2.18. The van der Waals surface area contributed by atoms with Gasteiger partial charge in [0.1, 0.15) is 0 Å². The van der Waals surface area contributed by atoms with Crippen LogP contribution in [0.2, 0.25) is 13.1 Å². The summed E-state index contributed by atoms with van der Waals surface area (Å²) in [4.78, 5) is 0. The van der Waals surface area contributed by atoms with Gasteiger partial charge in [0.15, 0.2) is 0 Å². The van der Waals surface area contributed by atoms with E-state index in [9.17, 15) is 0 Å². The van der Waals surface area contributed by atoms with Crippen LogP contribution in [0.4, 0.5) is 0 Å². The number of hydrogen-bond acceptors (Lipinski definition) is 2. The van der Waals surface area contributed by atoms with Crippen LogP contribution < -0.4 is 0 Å². The summed E-state index contributed by atoms with van der Waals surface area (Å²) in [6, 6.07) is 10.1. The van der Waals surface area contributed by atoms with Gasteiger partial charge in [-0.15, -0.1) is 5.16 Å². The van der Waals surface area contributed by atoms with E-state index < -0.39 is 9.04 Å². The molecule has 0 aliphatic carbocycles. The summed E-state index contributed by atoms with van der Waals surface area (Å²) >= 11 is 0. The third-order valence-electron chi connectivity index (χ3n) is 1.51. The molecule has 0 aliphatic rings. The molecule has 0 aliphatic heterocycles. The average molecular weight is 205 g/mol. The zero-order chi connectivity index (χ0) is 10.2. The molecule has 3 heteroatoms. The standard InChI is InChI=1S/C11H15NOSi/c1-14(2)13-12-10-6-9-11-7-4-3-5-8-11/h3-10,14H,1-2H3/b9-6+,12-10?. The Morgan fingerprint density at radius 3 is 2.57 bits per heavy atom. The van der Waals surface area contributed by atoms with Gasteiger partial charge in [0.25, 0.3) is 9.04 Å². The van der Waals surface area contributed by atoms with Gasteiger partial charge in [-0.2, -0.15) is 0 Å². The van der Waals surface area contributed by atoms with Gasteiger partial charge in [0.2, 0.25) is 0 Å². The van der Waals surface area contributed by atoms with Gasteiger partial charge in [-0.25, -0.2) is 0 Å². The Hall–Kier alpha value is -1.35. The number of hydrogen-bond donors (Lipinski definition) is 0. The quantitative estimate of drug-likeness (QED) is 0.421. The monoisotopic (exact) mass is 205 g/mol. The van der Waals surface area contributed by atoms with Gasteiger partial charge >= 0.3 is 0 Å². The minimum atomic E-state index is -1.02. The van der Waals surface area contributed by atoms with Crippen LogP contribution in [0, 0.1) is 0 Å². The van der Waals surface area contributed by atoms with Crippen LogP contribution in [-0.4, -0.2) is 15.3 Å². The summed E-state index contributed by atoms with van der Waals surface area (Å²) in [7, 11) is -1.02. The second-order valence-electron chi connectivity index (χ2n) is 3.18. The van der Waals surface area contributed by atoms with E-state index in [1.807, 2.05) is 42.5 Å². The largest absolute Gasteiger partial charge is 0.459 e. The topological polar surface area (TPSA) is 21.6 Å². The first-order valence-electron chi connectivity index (χ1n) is 4.70. The maximum atomic E-state index is 5.14. The molecule has 0 spiro atoms. The van der Waals surface area contributed by atoms with Gasteiger partial charge in [-0.3, -0.25) is 0 Å². The molecule has 1 rings (SSSR count). The van der Waals surface area contributed by atoms with E-state index in [1.54, 1.807) is 6.21 Å². The Bertz CT molecular complexity index is 306. The maximum Gasteiger partial charge on any atom is 0.266 e. The summed E-state index contributed by atoms with van der Waals surface area (Å²) in [5.74, 6) is 0. The zero-order valence-electron chi connectivity index (χ0n) is 8.55. The molecule has 0 aromatic heterocycles. The van der Waals surface area contributed by atoms with Crippen molar-refractivity contribution in [2.75, 3.05) is 0 Å². The molecule has 0 amide bonds. The van der Waals surface area contributed by atoms with Gasteiger partial charge in [-0.05, 0) is 24.7 Å². The highest BCUT2D eigenvalue weighted by atomic mass is 28.3. The van der Waals surface area contributed by atoms with Crippen molar-refractivity contribution < 1.29 is 4.53 Å². The Balaban J connectivity index is 2.38. The lowest BCUT2D eigenvalue weighted by Crippen LogP contribution is -2.01. The fourth-order valence-electron chi connectivity index (χ4n) is 0.910. The first-order valence-corrected chi connectivity index (χ1v) is 7.48. The molecule has 0 fully saturated rings. The molecule has 0 saturated heterocycles. The second-order valence-corrected chi connectivity index (χ2v) is 5.49. The third kappa shape index (κ3) is 4.62. The van der Waals surface area contributed by atoms with Crippen LogP contribution in [0.15, 0.2) is 41.6 Å². The molecule has 1 aromatic rings. The molecular weight excluding hydrogens is 190 g/mol. The zero-order valence-corrected chi connectivity index (χ0v) is 9.71. The van der Waals surface area contributed by atoms with E-state index in [0.29, 0.717) is 0 Å². The van der Waals surface area contributed by atoms with Crippen LogP contribution >= 0.6 is 0 Å². The van der Waals surface area contributed by atoms with Crippen molar-refractivity contribution in [3.8, 4) is 0 Å². The van der Waals surface area contributed by atoms with Crippen molar-refractivity contribution in [3.63, 3.8) is 0 Å². The van der Waals surface area contributed by atoms with Crippen LogP contribution in [0.5, 0.6) is 0 Å². The molecular formula is C11H15NOSi. The molecule has 14 heavy (non-hydrogen) atoms. The lowest BCUT2D eigenvalue weighted by atomic mass is 10.2. The molecule has 74 valence electrons. The van der Waals surface area contributed by atoms with Crippen LogP contribution in [-0.2, 0) is 4.53 Å². The van der Waals surface area contributed by atoms with Gasteiger partial charge in [-0.1, -0.05) is 36.4 Å². The van der Waals surface area contributed by atoms with Crippen LogP contribution in [0.1, 0.15) is 5.56 Å². The molecule has 0 unspecified atom stereocenters. The van der Waals surface area contributed by atoms with Crippen molar-refractivity contribution in [3.05, 3.63) is 42.0 Å². The van der Waals surface area contributed by atoms with Gasteiger partial charge in [0.05, 0.1) is 6.21 Å². The normalized spacial score (nSPS) is 11.6. The number of nitrogens with zero attached hydrogens (tertiary/aromatic N) is 1. The smallest absolute Gasteiger partial charge is 0.266 e. The minimum absolute atomic E-state index is 1.02. The van der Waals surface area contributed by atoms with E-state index in [4.69, 9.17) is 4.53 Å². The Labute approximate surface area is 86.6 Å². The van der Waals surface area contributed by atoms with Gasteiger partial charge in [0, 0.05) is 0 Å². The van der Waals surface area contributed by atoms with E-state index in [1.165, 1.54) is 5.56 Å². The first kappa shape index (κ1) is 10.7. The van der Waals surface area contributed by atoms with E-state index >= 15 is 0 Å². The number of allylic oxidation sites excluding steroid dienone is 1. The van der Waals surface area contributed by atoms with E-state index in [2.05, 4.69) is 18.2 Å². The molecule has 0 heterocycles. The second kappa shape index (κ2) is 6.15. The lowest BCUT2D eigenvalue weighted by molar-refractivity contribution is 0.355. The van der Waals surface area contributed by atoms with Crippen molar-refractivity contribution >= 4 is 21.3 Å². The SMILES string of the molecule is C[SiH](C)ON=C/C=C/c1ccccc1. The predicted octanol–water partition coefficient (Wildman–Crippen LogP) is 2.69. The number of oxime groups is 1. The molecule has 0 saturated carbocycles. The Morgan fingerprint density at radius 1 is 1.21 bits per heavy atom. The highest BCUT2D eigenvalue weighted by Gasteiger charge is 1.90. The molecule has 1 aromatic carbocycles. The molecule has 0 radical (unpaired) electrons. The highest BCUT2D eigenvalue weighted by Crippen LogP contribution is 1.99. The predicted molar refractivity (Wildman–Crippen MR) is 63.9 cm³/mol. The fraction of sp³-hybridized carbons (Fsp3) is 0.182. The first-order chi connectivity index (χ1) is 6.79. The Kier molecular flexibility index (Phi) is 4.71. The summed E-state index contributed by atoms with van der Waals surface area (Å²) in [6.45, 7) is 4.16. The summed E-state index contributed by atoms with van der Waals surface area (Å²) in [6.07, 6.45) is 5.56. The highest BCUT2D eigenvalue weighted by molar-refractivity contribution is 6.48. The van der Waals surface area contributed by atoms with Crippen molar-refractivity contribution in [2.45, 2.75) is 13.1 Å². The van der Waals surface area contributed by atoms with E-state index in [0.717, 1.165) is 0 Å². The van der Waals surface area contributed by atoms with Crippen molar-refractivity contribution in [1.82, 2.24) is 0 Å². The van der Waals surface area contributed by atoms with E-state index in [-0.39, 0.29) is 0 Å². The molecule has 0 N–H and O–H groups in total. The van der Waals surface area contributed by atoms with Crippen LogP contribution in [0.3, 0.4) is 0 Å². The number of benzene rings is 1. The fourth-order valence-corrected chi connectivity index (χ4v) is 1.22. The molecule has 0 bridgehead atoms. The summed E-state index contributed by atoms with van der Waals surface area (Å²) in [5.41, 5.74) is 1.17. The van der Waals surface area contributed by atoms with Gasteiger partial charge < -0.3 is 4.53 Å². The van der Waals surface area contributed by atoms with Crippen LogP contribution in [0.25, 0.3) is 6.08 Å². The third-order valence-corrected chi connectivity index (χ3v) is 2.05. The molecule has 0 atom stereocenters.